The molecule has 0 saturated heterocycles. The maximum Gasteiger partial charge on any atom is 0.212 e. The summed E-state index contributed by atoms with van der Waals surface area (Å²) in [7, 11) is 1.61. The van der Waals surface area contributed by atoms with Crippen LogP contribution in [0.1, 0.15) is 25.3 Å². The number of ether oxygens (including phenoxy) is 1. The van der Waals surface area contributed by atoms with Crippen molar-refractivity contribution < 1.29 is 4.74 Å². The highest BCUT2D eigenvalue weighted by Gasteiger charge is 2.08. The molecule has 1 rings (SSSR count). The summed E-state index contributed by atoms with van der Waals surface area (Å²) in [5.74, 6) is 6.17. The molecule has 0 bridgehead atoms. The number of nitrogens with one attached hydrogen (secondary N) is 1. The van der Waals surface area contributed by atoms with E-state index in [1.807, 2.05) is 25.3 Å². The number of aromatic nitrogens is 1. The molecule has 0 aliphatic carbocycles. The largest absolute Gasteiger partial charge is 0.481 e. The summed E-state index contributed by atoms with van der Waals surface area (Å²) in [6, 6.07) is 4.13. The number of pyridine rings is 1. The molecule has 0 aliphatic rings. The van der Waals surface area contributed by atoms with Crippen LogP contribution in [0, 0.1) is 0 Å². The Morgan fingerprint density at radius 2 is 2.35 bits per heavy atom. The normalized spacial score (nSPS) is 12.2. The summed E-state index contributed by atoms with van der Waals surface area (Å²) in [6.45, 7) is 5.92. The van der Waals surface area contributed by atoms with Crippen molar-refractivity contribution in [1.82, 2.24) is 10.4 Å². The van der Waals surface area contributed by atoms with Gasteiger partial charge in [0.15, 0.2) is 0 Å². The minimum absolute atomic E-state index is 0.252. The lowest BCUT2D eigenvalue weighted by Gasteiger charge is -2.15. The average molecular weight is 235 g/mol. The molecular formula is C13H21N3O. The summed E-state index contributed by atoms with van der Waals surface area (Å²) in [6.07, 6.45) is 4.65. The van der Waals surface area contributed by atoms with Gasteiger partial charge in [-0.15, -0.1) is 6.58 Å². The van der Waals surface area contributed by atoms with Crippen molar-refractivity contribution in [3.8, 4) is 5.88 Å². The second kappa shape index (κ2) is 7.04. The van der Waals surface area contributed by atoms with Crippen molar-refractivity contribution in [3.63, 3.8) is 0 Å². The molecule has 0 aliphatic heterocycles. The monoisotopic (exact) mass is 235 g/mol. The molecule has 1 atom stereocenters. The van der Waals surface area contributed by atoms with Gasteiger partial charge >= 0.3 is 0 Å². The van der Waals surface area contributed by atoms with Crippen molar-refractivity contribution in [2.24, 2.45) is 5.84 Å². The first-order valence-electron chi connectivity index (χ1n) is 5.75. The van der Waals surface area contributed by atoms with Crippen LogP contribution >= 0.6 is 0 Å². The van der Waals surface area contributed by atoms with E-state index in [0.717, 1.165) is 24.8 Å². The third-order valence-corrected chi connectivity index (χ3v) is 2.64. The number of nitrogens with zero attached hydrogens (tertiary/aromatic N) is 1. The van der Waals surface area contributed by atoms with Gasteiger partial charge in [0, 0.05) is 18.3 Å². The lowest BCUT2D eigenvalue weighted by atomic mass is 10.0. The fourth-order valence-corrected chi connectivity index (χ4v) is 1.60. The van der Waals surface area contributed by atoms with E-state index in [1.165, 1.54) is 5.57 Å². The third kappa shape index (κ3) is 4.97. The summed E-state index contributed by atoms with van der Waals surface area (Å²) in [5.41, 5.74) is 5.16. The number of methoxy groups -OCH3 is 1. The second-order valence-corrected chi connectivity index (χ2v) is 4.27. The lowest BCUT2D eigenvalue weighted by Crippen LogP contribution is -2.36. The molecule has 4 nitrogen and oxygen atoms in total. The van der Waals surface area contributed by atoms with E-state index in [9.17, 15) is 0 Å². The zero-order chi connectivity index (χ0) is 12.7. The van der Waals surface area contributed by atoms with Gasteiger partial charge < -0.3 is 4.74 Å². The van der Waals surface area contributed by atoms with Gasteiger partial charge in [-0.05, 0) is 31.7 Å². The van der Waals surface area contributed by atoms with E-state index in [-0.39, 0.29) is 6.04 Å². The number of allylic oxidation sites excluding steroid dienone is 1. The quantitative estimate of drug-likeness (QED) is 0.430. The summed E-state index contributed by atoms with van der Waals surface area (Å²) >= 11 is 0. The van der Waals surface area contributed by atoms with Crippen LogP contribution in [-0.4, -0.2) is 18.1 Å². The van der Waals surface area contributed by atoms with Crippen LogP contribution in [-0.2, 0) is 6.42 Å². The molecule has 94 valence electrons. The number of hydrazine groups is 1. The molecular weight excluding hydrogens is 214 g/mol. The molecule has 0 spiro atoms. The first-order chi connectivity index (χ1) is 8.15. The zero-order valence-electron chi connectivity index (χ0n) is 10.6. The average Bonchev–Trinajstić information content (AvgIpc) is 2.35. The second-order valence-electron chi connectivity index (χ2n) is 4.27. The fourth-order valence-electron chi connectivity index (χ4n) is 1.60. The molecule has 0 radical (unpaired) electrons. The molecule has 3 N–H and O–H groups in total. The fraction of sp³-hybridized carbons (Fsp3) is 0.462. The standard InChI is InChI=1S/C13H21N3O/c1-10(2)4-6-12(16-14)8-11-5-7-13(17-3)15-9-11/h5,7,9,12,16H,1,4,6,8,14H2,2-3H3. The van der Waals surface area contributed by atoms with E-state index in [0.29, 0.717) is 5.88 Å². The topological polar surface area (TPSA) is 60.2 Å². The van der Waals surface area contributed by atoms with Gasteiger partial charge in [-0.1, -0.05) is 11.6 Å². The Balaban J connectivity index is 2.51. The number of hydrogen-bond acceptors (Lipinski definition) is 4. The summed E-state index contributed by atoms with van der Waals surface area (Å²) in [4.78, 5) is 4.17. The predicted molar refractivity (Wildman–Crippen MR) is 69.7 cm³/mol. The minimum atomic E-state index is 0.252. The Hall–Kier alpha value is -1.39. The Bertz CT molecular complexity index is 348. The Morgan fingerprint density at radius 3 is 2.82 bits per heavy atom. The summed E-state index contributed by atoms with van der Waals surface area (Å²) in [5, 5.41) is 0. The van der Waals surface area contributed by atoms with Crippen LogP contribution in [0.3, 0.4) is 0 Å². The van der Waals surface area contributed by atoms with E-state index in [4.69, 9.17) is 10.6 Å². The van der Waals surface area contributed by atoms with Crippen LogP contribution in [0.5, 0.6) is 5.88 Å². The van der Waals surface area contributed by atoms with Gasteiger partial charge in [0.2, 0.25) is 5.88 Å². The van der Waals surface area contributed by atoms with Crippen LogP contribution in [0.4, 0.5) is 0 Å². The van der Waals surface area contributed by atoms with Crippen LogP contribution in [0.2, 0.25) is 0 Å². The highest BCUT2D eigenvalue weighted by Crippen LogP contribution is 2.12. The van der Waals surface area contributed by atoms with Crippen LogP contribution in [0.15, 0.2) is 30.5 Å². The number of hydrogen-bond donors (Lipinski definition) is 2. The van der Waals surface area contributed by atoms with E-state index in [2.05, 4.69) is 17.0 Å². The Labute approximate surface area is 103 Å². The SMILES string of the molecule is C=C(C)CCC(Cc1ccc(OC)nc1)NN. The van der Waals surface area contributed by atoms with Crippen molar-refractivity contribution >= 4 is 0 Å². The van der Waals surface area contributed by atoms with E-state index >= 15 is 0 Å². The highest BCUT2D eigenvalue weighted by molar-refractivity contribution is 5.18. The molecule has 0 fully saturated rings. The molecule has 1 aromatic rings. The summed E-state index contributed by atoms with van der Waals surface area (Å²) < 4.78 is 5.02. The van der Waals surface area contributed by atoms with E-state index in [1.54, 1.807) is 7.11 Å². The molecule has 1 aromatic heterocycles. The van der Waals surface area contributed by atoms with Crippen molar-refractivity contribution in [3.05, 3.63) is 36.0 Å². The molecule has 0 amide bonds. The Kier molecular flexibility index (Phi) is 5.66. The number of rotatable bonds is 7. The van der Waals surface area contributed by atoms with Gasteiger partial charge in [-0.25, -0.2) is 4.98 Å². The smallest absolute Gasteiger partial charge is 0.212 e. The first-order valence-corrected chi connectivity index (χ1v) is 5.75. The lowest BCUT2D eigenvalue weighted by molar-refractivity contribution is 0.397. The zero-order valence-corrected chi connectivity index (χ0v) is 10.6. The maximum atomic E-state index is 5.54. The molecule has 4 heteroatoms. The van der Waals surface area contributed by atoms with Gasteiger partial charge in [-0.3, -0.25) is 11.3 Å². The van der Waals surface area contributed by atoms with Gasteiger partial charge in [0.05, 0.1) is 7.11 Å². The molecule has 0 saturated carbocycles. The van der Waals surface area contributed by atoms with Gasteiger partial charge in [0.1, 0.15) is 0 Å². The predicted octanol–water partition coefficient (Wildman–Crippen LogP) is 1.82. The van der Waals surface area contributed by atoms with E-state index < -0.39 is 0 Å². The number of nitrogens with two attached hydrogens (primary N) is 1. The molecule has 1 heterocycles. The van der Waals surface area contributed by atoms with Crippen molar-refractivity contribution in [2.75, 3.05) is 7.11 Å². The van der Waals surface area contributed by atoms with Gasteiger partial charge in [0.25, 0.3) is 0 Å². The van der Waals surface area contributed by atoms with Crippen LogP contribution in [0.25, 0.3) is 0 Å². The van der Waals surface area contributed by atoms with Crippen molar-refractivity contribution in [1.29, 1.82) is 0 Å². The molecule has 0 aromatic carbocycles. The van der Waals surface area contributed by atoms with Crippen molar-refractivity contribution in [2.45, 2.75) is 32.2 Å². The third-order valence-electron chi connectivity index (χ3n) is 2.64. The first kappa shape index (κ1) is 13.7. The minimum Gasteiger partial charge on any atom is -0.481 e. The Morgan fingerprint density at radius 1 is 1.59 bits per heavy atom. The van der Waals surface area contributed by atoms with Gasteiger partial charge in [-0.2, -0.15) is 0 Å². The maximum absolute atomic E-state index is 5.54. The molecule has 1 unspecified atom stereocenters. The van der Waals surface area contributed by atoms with Crippen LogP contribution < -0.4 is 16.0 Å². The molecule has 17 heavy (non-hydrogen) atoms. The highest BCUT2D eigenvalue weighted by atomic mass is 16.5.